The smallest absolute Gasteiger partial charge is 0.253 e. The van der Waals surface area contributed by atoms with E-state index < -0.39 is 9.84 Å². The number of nitrogens with zero attached hydrogens (tertiary/aromatic N) is 2. The summed E-state index contributed by atoms with van der Waals surface area (Å²) in [5, 5.41) is 0. The summed E-state index contributed by atoms with van der Waals surface area (Å²) in [6.45, 7) is 1.87. The maximum atomic E-state index is 12.4. The van der Waals surface area contributed by atoms with Gasteiger partial charge in [-0.1, -0.05) is 0 Å². The van der Waals surface area contributed by atoms with Gasteiger partial charge in [-0.25, -0.2) is 8.42 Å². The number of hydrogen-bond donors (Lipinski definition) is 0. The van der Waals surface area contributed by atoms with Crippen molar-refractivity contribution in [3.05, 3.63) is 29.8 Å². The van der Waals surface area contributed by atoms with Gasteiger partial charge in [0.1, 0.15) is 6.61 Å². The number of rotatable bonds is 4. The van der Waals surface area contributed by atoms with Crippen molar-refractivity contribution in [2.24, 2.45) is 0 Å². The highest BCUT2D eigenvalue weighted by Gasteiger charge is 2.24. The molecule has 126 valence electrons. The first-order valence-electron chi connectivity index (χ1n) is 7.19. The van der Waals surface area contributed by atoms with Gasteiger partial charge in [0.25, 0.3) is 5.91 Å². The van der Waals surface area contributed by atoms with E-state index in [0.717, 1.165) is 6.26 Å². The molecule has 0 atom stereocenters. The van der Waals surface area contributed by atoms with Crippen LogP contribution in [-0.4, -0.2) is 76.2 Å². The Balaban J connectivity index is 1.98. The first-order valence-corrected chi connectivity index (χ1v) is 9.08. The van der Waals surface area contributed by atoms with Gasteiger partial charge in [-0.15, -0.1) is 0 Å². The zero-order chi connectivity index (χ0) is 17.0. The highest BCUT2D eigenvalue weighted by Crippen LogP contribution is 2.13. The van der Waals surface area contributed by atoms with Crippen molar-refractivity contribution < 1.29 is 22.7 Å². The summed E-state index contributed by atoms with van der Waals surface area (Å²) in [5.74, 6) is -0.249. The largest absolute Gasteiger partial charge is 0.375 e. The monoisotopic (exact) mass is 340 g/mol. The van der Waals surface area contributed by atoms with Crippen LogP contribution in [0.15, 0.2) is 29.2 Å². The van der Waals surface area contributed by atoms with Gasteiger partial charge >= 0.3 is 0 Å². The summed E-state index contributed by atoms with van der Waals surface area (Å²) in [7, 11) is -1.80. The van der Waals surface area contributed by atoms with E-state index in [4.69, 9.17) is 4.74 Å². The van der Waals surface area contributed by atoms with Gasteiger partial charge < -0.3 is 14.5 Å². The van der Waals surface area contributed by atoms with Gasteiger partial charge in [-0.2, -0.15) is 0 Å². The summed E-state index contributed by atoms with van der Waals surface area (Å²) in [4.78, 5) is 27.6. The third-order valence-corrected chi connectivity index (χ3v) is 4.85. The predicted molar refractivity (Wildman–Crippen MR) is 83.9 cm³/mol. The molecule has 8 heteroatoms. The van der Waals surface area contributed by atoms with Crippen LogP contribution in [0.1, 0.15) is 10.4 Å². The lowest BCUT2D eigenvalue weighted by molar-refractivity contribution is -0.136. The van der Waals surface area contributed by atoms with Gasteiger partial charge in [-0.05, 0) is 24.3 Å². The van der Waals surface area contributed by atoms with E-state index in [0.29, 0.717) is 31.7 Å². The zero-order valence-corrected chi connectivity index (χ0v) is 14.0. The number of benzene rings is 1. The highest BCUT2D eigenvalue weighted by atomic mass is 32.2. The Morgan fingerprint density at radius 2 is 1.57 bits per heavy atom. The Kier molecular flexibility index (Phi) is 5.38. The normalized spacial score (nSPS) is 15.6. The van der Waals surface area contributed by atoms with Crippen molar-refractivity contribution >= 4 is 21.7 Å². The Morgan fingerprint density at radius 3 is 2.04 bits per heavy atom. The second-order valence-corrected chi connectivity index (χ2v) is 7.42. The molecule has 0 radical (unpaired) electrons. The maximum Gasteiger partial charge on any atom is 0.253 e. The lowest BCUT2D eigenvalue weighted by Crippen LogP contribution is -2.51. The molecule has 2 amide bonds. The highest BCUT2D eigenvalue weighted by molar-refractivity contribution is 7.90. The molecule has 0 unspecified atom stereocenters. The number of sulfone groups is 1. The van der Waals surface area contributed by atoms with E-state index in [9.17, 15) is 18.0 Å². The molecule has 0 spiro atoms. The molecule has 7 nitrogen and oxygen atoms in total. The van der Waals surface area contributed by atoms with Crippen LogP contribution >= 0.6 is 0 Å². The SMILES string of the molecule is COCC(=O)N1CCN(C(=O)c2ccc(S(C)(=O)=O)cc2)CC1. The third kappa shape index (κ3) is 4.29. The lowest BCUT2D eigenvalue weighted by Gasteiger charge is -2.34. The lowest BCUT2D eigenvalue weighted by atomic mass is 10.2. The van der Waals surface area contributed by atoms with Crippen LogP contribution in [0.2, 0.25) is 0 Å². The number of methoxy groups -OCH3 is 1. The van der Waals surface area contributed by atoms with Crippen molar-refractivity contribution in [1.29, 1.82) is 0 Å². The summed E-state index contributed by atoms with van der Waals surface area (Å²) in [6.07, 6.45) is 1.13. The van der Waals surface area contributed by atoms with Crippen LogP contribution in [0.25, 0.3) is 0 Å². The Bertz CT molecular complexity index is 676. The van der Waals surface area contributed by atoms with Crippen LogP contribution in [0.3, 0.4) is 0 Å². The molecule has 23 heavy (non-hydrogen) atoms. The van der Waals surface area contributed by atoms with Gasteiger partial charge in [-0.3, -0.25) is 9.59 Å². The molecule has 0 N–H and O–H groups in total. The van der Waals surface area contributed by atoms with Crippen molar-refractivity contribution in [3.63, 3.8) is 0 Å². The zero-order valence-electron chi connectivity index (χ0n) is 13.2. The molecule has 2 rings (SSSR count). The van der Waals surface area contributed by atoms with Crippen molar-refractivity contribution in [2.45, 2.75) is 4.90 Å². The minimum absolute atomic E-state index is 0.0426. The van der Waals surface area contributed by atoms with Crippen molar-refractivity contribution in [3.8, 4) is 0 Å². The Labute approximate surface area is 135 Å². The molecule has 1 saturated heterocycles. The molecule has 1 aliphatic heterocycles. The number of piperazine rings is 1. The maximum absolute atomic E-state index is 12.4. The van der Waals surface area contributed by atoms with Gasteiger partial charge in [0.15, 0.2) is 9.84 Å². The summed E-state index contributed by atoms with van der Waals surface area (Å²) >= 11 is 0. The van der Waals surface area contributed by atoms with Crippen LogP contribution in [-0.2, 0) is 19.4 Å². The van der Waals surface area contributed by atoms with Crippen LogP contribution in [0, 0.1) is 0 Å². The van der Waals surface area contributed by atoms with E-state index in [1.165, 1.54) is 31.4 Å². The van der Waals surface area contributed by atoms with Gasteiger partial charge in [0, 0.05) is 45.1 Å². The fourth-order valence-electron chi connectivity index (χ4n) is 2.40. The fourth-order valence-corrected chi connectivity index (χ4v) is 3.03. The van der Waals surface area contributed by atoms with Crippen molar-refractivity contribution in [1.82, 2.24) is 9.80 Å². The van der Waals surface area contributed by atoms with E-state index in [2.05, 4.69) is 0 Å². The number of carbonyl (C=O) groups is 2. The second kappa shape index (κ2) is 7.10. The molecular weight excluding hydrogens is 320 g/mol. The second-order valence-electron chi connectivity index (χ2n) is 5.40. The summed E-state index contributed by atoms with van der Waals surface area (Å²) in [6, 6.07) is 5.89. The average Bonchev–Trinajstić information content (AvgIpc) is 2.54. The average molecular weight is 340 g/mol. The van der Waals surface area contributed by atoms with Crippen LogP contribution < -0.4 is 0 Å². The fraction of sp³-hybridized carbons (Fsp3) is 0.467. The van der Waals surface area contributed by atoms with Gasteiger partial charge in [0.2, 0.25) is 5.91 Å². The molecule has 1 aromatic rings. The third-order valence-electron chi connectivity index (χ3n) is 3.72. The summed E-state index contributed by atoms with van der Waals surface area (Å²) < 4.78 is 27.7. The molecule has 0 saturated carbocycles. The molecule has 1 heterocycles. The number of amides is 2. The number of carbonyl (C=O) groups excluding carboxylic acids is 2. The predicted octanol–water partition coefficient (Wildman–Crippen LogP) is 0.0209. The molecule has 0 aliphatic carbocycles. The Morgan fingerprint density at radius 1 is 1.04 bits per heavy atom. The van der Waals surface area contributed by atoms with E-state index in [1.807, 2.05) is 0 Å². The van der Waals surface area contributed by atoms with E-state index in [1.54, 1.807) is 9.80 Å². The quantitative estimate of drug-likeness (QED) is 0.772. The minimum Gasteiger partial charge on any atom is -0.375 e. The number of hydrogen-bond acceptors (Lipinski definition) is 5. The first-order chi connectivity index (χ1) is 10.8. The minimum atomic E-state index is -3.27. The summed E-state index contributed by atoms with van der Waals surface area (Å²) in [5.41, 5.74) is 0.439. The Hall–Kier alpha value is -1.93. The van der Waals surface area contributed by atoms with Gasteiger partial charge in [0.05, 0.1) is 4.90 Å². The molecular formula is C15H20N2O5S. The van der Waals surface area contributed by atoms with E-state index in [-0.39, 0.29) is 23.3 Å². The standard InChI is InChI=1S/C15H20N2O5S/c1-22-11-14(18)16-7-9-17(10-8-16)15(19)12-3-5-13(6-4-12)23(2,20)21/h3-6H,7-11H2,1-2H3. The molecule has 0 bridgehead atoms. The molecule has 1 aromatic carbocycles. The van der Waals surface area contributed by atoms with Crippen LogP contribution in [0.4, 0.5) is 0 Å². The number of ether oxygens (including phenoxy) is 1. The van der Waals surface area contributed by atoms with Crippen LogP contribution in [0.5, 0.6) is 0 Å². The topological polar surface area (TPSA) is 84.0 Å². The first kappa shape index (κ1) is 17.4. The molecule has 1 aliphatic rings. The van der Waals surface area contributed by atoms with Crippen molar-refractivity contribution in [2.75, 3.05) is 46.2 Å². The molecule has 1 fully saturated rings. The van der Waals surface area contributed by atoms with E-state index >= 15 is 0 Å². The molecule has 0 aromatic heterocycles.